The van der Waals surface area contributed by atoms with Gasteiger partial charge in [0.1, 0.15) is 5.82 Å². The number of hydrogen-bond donors (Lipinski definition) is 0. The molecular weight excluding hydrogens is 305 g/mol. The number of hydrogen-bond acceptors (Lipinski definition) is 3. The van der Waals surface area contributed by atoms with Gasteiger partial charge in [0.05, 0.1) is 6.04 Å². The Morgan fingerprint density at radius 2 is 1.50 bits per heavy atom. The van der Waals surface area contributed by atoms with Crippen LogP contribution in [0.15, 0.2) is 24.3 Å². The molecule has 0 radical (unpaired) electrons. The standard InChI is InChI=1S/C19H28FN3O/c1-16(21-10-4-2-3-5-11-21)19(24)23-14-12-22(13-15-23)18-8-6-17(20)7-9-18/h6-9,16H,2-5,10-15H2,1H3. The van der Waals surface area contributed by atoms with E-state index >= 15 is 0 Å². The van der Waals surface area contributed by atoms with Gasteiger partial charge in [-0.15, -0.1) is 0 Å². The van der Waals surface area contributed by atoms with E-state index in [9.17, 15) is 9.18 Å². The summed E-state index contributed by atoms with van der Waals surface area (Å²) in [4.78, 5) is 19.4. The number of amides is 1. The molecule has 1 amide bonds. The van der Waals surface area contributed by atoms with Crippen molar-refractivity contribution in [2.24, 2.45) is 0 Å². The predicted molar refractivity (Wildman–Crippen MR) is 94.7 cm³/mol. The Kier molecular flexibility index (Phi) is 5.72. The van der Waals surface area contributed by atoms with Crippen molar-refractivity contribution in [1.29, 1.82) is 0 Å². The average Bonchev–Trinajstić information content (AvgIpc) is 2.91. The fourth-order valence-corrected chi connectivity index (χ4v) is 3.74. The van der Waals surface area contributed by atoms with Gasteiger partial charge < -0.3 is 9.80 Å². The molecule has 2 aliphatic heterocycles. The zero-order valence-electron chi connectivity index (χ0n) is 14.6. The molecule has 2 aliphatic rings. The van der Waals surface area contributed by atoms with Crippen LogP contribution in [0.3, 0.4) is 0 Å². The maximum atomic E-state index is 13.0. The third kappa shape index (κ3) is 4.07. The van der Waals surface area contributed by atoms with E-state index in [-0.39, 0.29) is 17.8 Å². The second kappa shape index (κ2) is 7.97. The first kappa shape index (κ1) is 17.2. The molecule has 5 heteroatoms. The summed E-state index contributed by atoms with van der Waals surface area (Å²) in [7, 11) is 0. The molecule has 1 unspecified atom stereocenters. The molecule has 2 heterocycles. The number of anilines is 1. The molecule has 3 rings (SSSR count). The van der Waals surface area contributed by atoms with Crippen LogP contribution in [0.2, 0.25) is 0 Å². The van der Waals surface area contributed by atoms with Crippen LogP contribution in [0.4, 0.5) is 10.1 Å². The van der Waals surface area contributed by atoms with Crippen molar-refractivity contribution in [3.8, 4) is 0 Å². The lowest BCUT2D eigenvalue weighted by Crippen LogP contribution is -2.54. The zero-order chi connectivity index (χ0) is 16.9. The molecule has 0 bridgehead atoms. The highest BCUT2D eigenvalue weighted by atomic mass is 19.1. The van der Waals surface area contributed by atoms with E-state index in [1.54, 1.807) is 0 Å². The largest absolute Gasteiger partial charge is 0.368 e. The number of nitrogens with zero attached hydrogens (tertiary/aromatic N) is 3. The lowest BCUT2D eigenvalue weighted by atomic mass is 10.2. The Labute approximate surface area is 144 Å². The third-order valence-corrected chi connectivity index (χ3v) is 5.33. The van der Waals surface area contributed by atoms with Crippen LogP contribution in [0.1, 0.15) is 32.6 Å². The van der Waals surface area contributed by atoms with Crippen molar-refractivity contribution in [3.05, 3.63) is 30.1 Å². The Morgan fingerprint density at radius 3 is 2.08 bits per heavy atom. The molecule has 0 aliphatic carbocycles. The van der Waals surface area contributed by atoms with Gasteiger partial charge in [-0.25, -0.2) is 4.39 Å². The normalized spacial score (nSPS) is 21.4. The Morgan fingerprint density at radius 1 is 0.917 bits per heavy atom. The van der Waals surface area contributed by atoms with Crippen LogP contribution in [-0.2, 0) is 4.79 Å². The van der Waals surface area contributed by atoms with Gasteiger partial charge in [-0.1, -0.05) is 12.8 Å². The molecule has 2 saturated heterocycles. The molecule has 1 aromatic carbocycles. The first-order chi connectivity index (χ1) is 11.6. The third-order valence-electron chi connectivity index (χ3n) is 5.33. The van der Waals surface area contributed by atoms with Gasteiger partial charge in [0.2, 0.25) is 5.91 Å². The van der Waals surface area contributed by atoms with E-state index in [1.165, 1.54) is 37.8 Å². The molecule has 2 fully saturated rings. The fourth-order valence-electron chi connectivity index (χ4n) is 3.74. The number of carbonyl (C=O) groups is 1. The molecule has 24 heavy (non-hydrogen) atoms. The van der Waals surface area contributed by atoms with Gasteiger partial charge in [-0.2, -0.15) is 0 Å². The summed E-state index contributed by atoms with van der Waals surface area (Å²) in [5.41, 5.74) is 1.03. The predicted octanol–water partition coefficient (Wildman–Crippen LogP) is 2.74. The smallest absolute Gasteiger partial charge is 0.239 e. The maximum Gasteiger partial charge on any atom is 0.239 e. The van der Waals surface area contributed by atoms with Crippen LogP contribution in [-0.4, -0.2) is 61.0 Å². The lowest BCUT2D eigenvalue weighted by Gasteiger charge is -2.39. The molecule has 0 saturated carbocycles. The van der Waals surface area contributed by atoms with Gasteiger partial charge in [-0.3, -0.25) is 9.69 Å². The average molecular weight is 333 g/mol. The summed E-state index contributed by atoms with van der Waals surface area (Å²) >= 11 is 0. The number of carbonyl (C=O) groups excluding carboxylic acids is 1. The summed E-state index contributed by atoms with van der Waals surface area (Å²) in [5, 5.41) is 0. The van der Waals surface area contributed by atoms with Gasteiger partial charge >= 0.3 is 0 Å². The monoisotopic (exact) mass is 333 g/mol. The first-order valence-electron chi connectivity index (χ1n) is 9.18. The highest BCUT2D eigenvalue weighted by Gasteiger charge is 2.28. The number of piperazine rings is 1. The van der Waals surface area contributed by atoms with Crippen molar-refractivity contribution in [2.75, 3.05) is 44.2 Å². The van der Waals surface area contributed by atoms with Crippen LogP contribution in [0.25, 0.3) is 0 Å². The van der Waals surface area contributed by atoms with Crippen LogP contribution >= 0.6 is 0 Å². The summed E-state index contributed by atoms with van der Waals surface area (Å²) in [5.74, 6) is 0.0505. The van der Waals surface area contributed by atoms with Crippen molar-refractivity contribution in [1.82, 2.24) is 9.80 Å². The summed E-state index contributed by atoms with van der Waals surface area (Å²) < 4.78 is 13.0. The quantitative estimate of drug-likeness (QED) is 0.851. The molecule has 0 spiro atoms. The lowest BCUT2D eigenvalue weighted by molar-refractivity contribution is -0.136. The van der Waals surface area contributed by atoms with E-state index < -0.39 is 0 Å². The molecule has 132 valence electrons. The van der Waals surface area contributed by atoms with Gasteiger partial charge in [0, 0.05) is 31.9 Å². The number of benzene rings is 1. The topological polar surface area (TPSA) is 26.8 Å². The van der Waals surface area contributed by atoms with Gasteiger partial charge in [0.15, 0.2) is 0 Å². The van der Waals surface area contributed by atoms with E-state index in [0.717, 1.165) is 45.0 Å². The summed E-state index contributed by atoms with van der Waals surface area (Å²) in [6.07, 6.45) is 4.98. The highest BCUT2D eigenvalue weighted by Crippen LogP contribution is 2.19. The minimum atomic E-state index is -0.209. The Balaban J connectivity index is 1.53. The minimum absolute atomic E-state index is 0.0135. The van der Waals surface area contributed by atoms with Crippen molar-refractivity contribution in [3.63, 3.8) is 0 Å². The minimum Gasteiger partial charge on any atom is -0.368 e. The van der Waals surface area contributed by atoms with Crippen molar-refractivity contribution < 1.29 is 9.18 Å². The molecule has 0 aromatic heterocycles. The second-order valence-corrected chi connectivity index (χ2v) is 6.91. The number of halogens is 1. The molecule has 4 nitrogen and oxygen atoms in total. The Hall–Kier alpha value is -1.62. The van der Waals surface area contributed by atoms with E-state index in [4.69, 9.17) is 0 Å². The van der Waals surface area contributed by atoms with Gasteiger partial charge in [0.25, 0.3) is 0 Å². The molecule has 1 atom stereocenters. The van der Waals surface area contributed by atoms with Crippen LogP contribution < -0.4 is 4.90 Å². The molecule has 1 aromatic rings. The Bertz CT molecular complexity index is 532. The van der Waals surface area contributed by atoms with Crippen LogP contribution in [0, 0.1) is 5.82 Å². The van der Waals surface area contributed by atoms with E-state index in [1.807, 2.05) is 17.0 Å². The zero-order valence-corrected chi connectivity index (χ0v) is 14.6. The second-order valence-electron chi connectivity index (χ2n) is 6.91. The fraction of sp³-hybridized carbons (Fsp3) is 0.632. The number of rotatable bonds is 3. The van der Waals surface area contributed by atoms with Crippen molar-refractivity contribution in [2.45, 2.75) is 38.6 Å². The summed E-state index contributed by atoms with van der Waals surface area (Å²) in [6, 6.07) is 6.60. The highest BCUT2D eigenvalue weighted by molar-refractivity contribution is 5.81. The SMILES string of the molecule is CC(C(=O)N1CCN(c2ccc(F)cc2)CC1)N1CCCCCC1. The maximum absolute atomic E-state index is 13.0. The van der Waals surface area contributed by atoms with E-state index in [2.05, 4.69) is 16.7 Å². The van der Waals surface area contributed by atoms with E-state index in [0.29, 0.717) is 0 Å². The molecular formula is C19H28FN3O. The van der Waals surface area contributed by atoms with Crippen LogP contribution in [0.5, 0.6) is 0 Å². The summed E-state index contributed by atoms with van der Waals surface area (Å²) in [6.45, 7) is 7.25. The van der Waals surface area contributed by atoms with Gasteiger partial charge in [-0.05, 0) is 57.1 Å². The van der Waals surface area contributed by atoms with Crippen molar-refractivity contribution >= 4 is 11.6 Å². The number of likely N-dealkylation sites (tertiary alicyclic amines) is 1. The molecule has 0 N–H and O–H groups in total. The first-order valence-corrected chi connectivity index (χ1v) is 9.18.